The van der Waals surface area contributed by atoms with Gasteiger partial charge >= 0.3 is 0 Å². The number of halogens is 2. The van der Waals surface area contributed by atoms with Gasteiger partial charge in [-0.15, -0.1) is 0 Å². The number of carbonyl (C=O) groups excluding carboxylic acids is 2. The van der Waals surface area contributed by atoms with Gasteiger partial charge in [0.25, 0.3) is 11.8 Å². The van der Waals surface area contributed by atoms with E-state index in [9.17, 15) is 14.0 Å². The van der Waals surface area contributed by atoms with E-state index in [1.165, 1.54) is 18.2 Å². The second-order valence-corrected chi connectivity index (χ2v) is 8.47. The topological polar surface area (TPSA) is 58.2 Å². The first-order chi connectivity index (χ1) is 14.7. The molecule has 31 heavy (non-hydrogen) atoms. The molecule has 2 N–H and O–H groups in total. The molecule has 3 rings (SSSR count). The van der Waals surface area contributed by atoms with Crippen molar-refractivity contribution in [2.24, 2.45) is 0 Å². The van der Waals surface area contributed by atoms with E-state index in [0.29, 0.717) is 22.8 Å². The van der Waals surface area contributed by atoms with Crippen LogP contribution in [0.5, 0.6) is 0 Å². The summed E-state index contributed by atoms with van der Waals surface area (Å²) < 4.78 is 13.9. The van der Waals surface area contributed by atoms with Crippen molar-refractivity contribution in [1.29, 1.82) is 0 Å². The first kappa shape index (κ1) is 22.5. The van der Waals surface area contributed by atoms with Gasteiger partial charge in [-0.3, -0.25) is 9.59 Å². The van der Waals surface area contributed by atoms with Crippen LogP contribution in [0.15, 0.2) is 66.7 Å². The molecule has 0 aliphatic rings. The Morgan fingerprint density at radius 1 is 0.968 bits per heavy atom. The minimum Gasteiger partial charge on any atom is -0.351 e. The van der Waals surface area contributed by atoms with Gasteiger partial charge in [-0.2, -0.15) is 0 Å². The lowest BCUT2D eigenvalue weighted by atomic mass is 9.84. The Hall–Kier alpha value is -3.18. The first-order valence-electron chi connectivity index (χ1n) is 9.88. The number of amides is 2. The Kier molecular flexibility index (Phi) is 6.76. The van der Waals surface area contributed by atoms with Crippen molar-refractivity contribution in [3.63, 3.8) is 0 Å². The van der Waals surface area contributed by atoms with Crippen molar-refractivity contribution in [2.75, 3.05) is 11.9 Å². The average molecular weight is 439 g/mol. The van der Waals surface area contributed by atoms with E-state index < -0.39 is 11.7 Å². The predicted octanol–water partition coefficient (Wildman–Crippen LogP) is 5.75. The van der Waals surface area contributed by atoms with Crippen molar-refractivity contribution in [2.45, 2.75) is 26.2 Å². The Balaban J connectivity index is 1.71. The highest BCUT2D eigenvalue weighted by Gasteiger charge is 2.22. The molecule has 3 aromatic carbocycles. The van der Waals surface area contributed by atoms with E-state index in [4.69, 9.17) is 11.6 Å². The van der Waals surface area contributed by atoms with Gasteiger partial charge in [0.15, 0.2) is 0 Å². The molecule has 0 unspecified atom stereocenters. The largest absolute Gasteiger partial charge is 0.351 e. The van der Waals surface area contributed by atoms with Crippen LogP contribution in [0.1, 0.15) is 45.7 Å². The molecule has 0 fully saturated rings. The summed E-state index contributed by atoms with van der Waals surface area (Å²) in [6.07, 6.45) is 0. The van der Waals surface area contributed by atoms with E-state index >= 15 is 0 Å². The molecule has 6 heteroatoms. The Morgan fingerprint density at radius 2 is 1.65 bits per heavy atom. The minimum atomic E-state index is -0.601. The van der Waals surface area contributed by atoms with Gasteiger partial charge in [0.2, 0.25) is 0 Å². The van der Waals surface area contributed by atoms with Crippen LogP contribution in [-0.2, 0) is 5.41 Å². The summed E-state index contributed by atoms with van der Waals surface area (Å²) in [6, 6.07) is 18.3. The molecule has 0 aliphatic heterocycles. The fourth-order valence-corrected chi connectivity index (χ4v) is 3.27. The molecule has 160 valence electrons. The van der Waals surface area contributed by atoms with Crippen LogP contribution >= 0.6 is 11.6 Å². The standard InChI is InChI=1S/C25H24ClFN2O2/c1-16-8-9-17(14-22(16)29-24(31)20-6-4-5-7-21(20)27)23(30)28-15-25(2,3)18-10-12-19(26)13-11-18/h4-14H,15H2,1-3H3,(H,28,30)(H,29,31). The van der Waals surface area contributed by atoms with Crippen LogP contribution in [0.2, 0.25) is 5.02 Å². The number of nitrogens with one attached hydrogen (secondary N) is 2. The summed E-state index contributed by atoms with van der Waals surface area (Å²) in [7, 11) is 0. The molecule has 3 aromatic rings. The quantitative estimate of drug-likeness (QED) is 0.515. The fraction of sp³-hybridized carbons (Fsp3) is 0.200. The molecule has 0 bridgehead atoms. The third-order valence-electron chi connectivity index (χ3n) is 5.18. The summed E-state index contributed by atoms with van der Waals surface area (Å²) in [6.45, 7) is 6.29. The van der Waals surface area contributed by atoms with Gasteiger partial charge in [0, 0.05) is 28.2 Å². The van der Waals surface area contributed by atoms with Crippen LogP contribution < -0.4 is 10.6 Å². The van der Waals surface area contributed by atoms with Crippen molar-refractivity contribution in [3.8, 4) is 0 Å². The van der Waals surface area contributed by atoms with Gasteiger partial charge in [-0.25, -0.2) is 4.39 Å². The summed E-state index contributed by atoms with van der Waals surface area (Å²) in [5.41, 5.74) is 2.33. The molecule has 0 aliphatic carbocycles. The van der Waals surface area contributed by atoms with E-state index in [0.717, 1.165) is 11.1 Å². The van der Waals surface area contributed by atoms with Crippen molar-refractivity contribution >= 4 is 29.1 Å². The first-order valence-corrected chi connectivity index (χ1v) is 10.3. The van der Waals surface area contributed by atoms with Crippen LogP contribution in [0.4, 0.5) is 10.1 Å². The van der Waals surface area contributed by atoms with E-state index in [1.807, 2.05) is 45.0 Å². The molecule has 0 radical (unpaired) electrons. The molecule has 2 amide bonds. The van der Waals surface area contributed by atoms with Crippen LogP contribution in [0.25, 0.3) is 0 Å². The number of carbonyl (C=O) groups is 2. The van der Waals surface area contributed by atoms with Crippen LogP contribution in [0.3, 0.4) is 0 Å². The molecular weight excluding hydrogens is 415 g/mol. The lowest BCUT2D eigenvalue weighted by Crippen LogP contribution is -2.36. The predicted molar refractivity (Wildman–Crippen MR) is 122 cm³/mol. The molecule has 0 heterocycles. The SMILES string of the molecule is Cc1ccc(C(=O)NCC(C)(C)c2ccc(Cl)cc2)cc1NC(=O)c1ccccc1F. The number of rotatable bonds is 6. The number of hydrogen-bond acceptors (Lipinski definition) is 2. The maximum atomic E-state index is 13.9. The summed E-state index contributed by atoms with van der Waals surface area (Å²) >= 11 is 5.96. The lowest BCUT2D eigenvalue weighted by molar-refractivity contribution is 0.0944. The van der Waals surface area contributed by atoms with Crippen molar-refractivity contribution in [1.82, 2.24) is 5.32 Å². The maximum Gasteiger partial charge on any atom is 0.258 e. The molecule has 0 aromatic heterocycles. The normalized spacial score (nSPS) is 11.1. The second-order valence-electron chi connectivity index (χ2n) is 8.04. The molecule has 0 saturated heterocycles. The van der Waals surface area contributed by atoms with Gasteiger partial charge < -0.3 is 10.6 Å². The molecule has 0 spiro atoms. The third kappa shape index (κ3) is 5.50. The molecule has 0 saturated carbocycles. The van der Waals surface area contributed by atoms with Crippen molar-refractivity contribution < 1.29 is 14.0 Å². The van der Waals surface area contributed by atoms with Crippen LogP contribution in [-0.4, -0.2) is 18.4 Å². The Labute approximate surface area is 186 Å². The summed E-state index contributed by atoms with van der Waals surface area (Å²) in [5.74, 6) is -1.43. The van der Waals surface area contributed by atoms with Gasteiger partial charge in [0.05, 0.1) is 5.56 Å². The molecular formula is C25H24ClFN2O2. The second kappa shape index (κ2) is 9.31. The van der Waals surface area contributed by atoms with Gasteiger partial charge in [-0.05, 0) is 54.4 Å². The third-order valence-corrected chi connectivity index (χ3v) is 5.44. The zero-order valence-corrected chi connectivity index (χ0v) is 18.4. The monoisotopic (exact) mass is 438 g/mol. The Morgan fingerprint density at radius 3 is 2.32 bits per heavy atom. The van der Waals surface area contributed by atoms with E-state index in [1.54, 1.807) is 24.3 Å². The number of anilines is 1. The zero-order chi connectivity index (χ0) is 22.6. The summed E-state index contributed by atoms with van der Waals surface area (Å²) in [4.78, 5) is 25.2. The Bertz CT molecular complexity index is 1110. The number of aryl methyl sites for hydroxylation is 1. The highest BCUT2D eigenvalue weighted by atomic mass is 35.5. The fourth-order valence-electron chi connectivity index (χ4n) is 3.14. The number of hydrogen-bond donors (Lipinski definition) is 2. The molecule has 0 atom stereocenters. The van der Waals surface area contributed by atoms with Gasteiger partial charge in [-0.1, -0.05) is 55.8 Å². The van der Waals surface area contributed by atoms with Crippen molar-refractivity contribution in [3.05, 3.63) is 99.8 Å². The lowest BCUT2D eigenvalue weighted by Gasteiger charge is -2.26. The van der Waals surface area contributed by atoms with Gasteiger partial charge in [0.1, 0.15) is 5.82 Å². The summed E-state index contributed by atoms with van der Waals surface area (Å²) in [5, 5.41) is 6.30. The minimum absolute atomic E-state index is 0.0542. The average Bonchev–Trinajstić information content (AvgIpc) is 2.74. The highest BCUT2D eigenvalue weighted by molar-refractivity contribution is 6.30. The van der Waals surface area contributed by atoms with E-state index in [-0.39, 0.29) is 16.9 Å². The maximum absolute atomic E-state index is 13.9. The highest BCUT2D eigenvalue weighted by Crippen LogP contribution is 2.24. The number of benzene rings is 3. The van der Waals surface area contributed by atoms with Crippen LogP contribution in [0, 0.1) is 12.7 Å². The zero-order valence-electron chi connectivity index (χ0n) is 17.6. The smallest absolute Gasteiger partial charge is 0.258 e. The van der Waals surface area contributed by atoms with E-state index in [2.05, 4.69) is 10.6 Å². The molecule has 4 nitrogen and oxygen atoms in total.